The smallest absolute Gasteiger partial charge is 0.308 e. The van der Waals surface area contributed by atoms with Crippen molar-refractivity contribution in [2.45, 2.75) is 31.6 Å². The fraction of sp³-hybridized carbons (Fsp3) is 0.421. The van der Waals surface area contributed by atoms with E-state index in [9.17, 15) is 19.1 Å². The van der Waals surface area contributed by atoms with Crippen LogP contribution in [-0.4, -0.2) is 40.0 Å². The molecule has 1 saturated carbocycles. The van der Waals surface area contributed by atoms with Crippen molar-refractivity contribution < 1.29 is 19.1 Å². The highest BCUT2D eigenvalue weighted by Crippen LogP contribution is 2.40. The zero-order valence-corrected chi connectivity index (χ0v) is 13.7. The first-order chi connectivity index (χ1) is 12.0. The molecule has 2 fully saturated rings. The Morgan fingerprint density at radius 3 is 2.72 bits per heavy atom. The number of benzene rings is 1. The third-order valence-electron chi connectivity index (χ3n) is 5.07. The highest BCUT2D eigenvalue weighted by molar-refractivity contribution is 6.06. The quantitative estimate of drug-likeness (QED) is 0.930. The number of likely N-dealkylation sites (tertiary alicyclic amines) is 1. The Balaban J connectivity index is 1.75. The molecular formula is C19H19FN2O3. The molecule has 0 bridgehead atoms. The molecule has 2 heterocycles. The van der Waals surface area contributed by atoms with Gasteiger partial charge in [0.05, 0.1) is 17.0 Å². The molecule has 1 aliphatic heterocycles. The maximum Gasteiger partial charge on any atom is 0.308 e. The van der Waals surface area contributed by atoms with Crippen molar-refractivity contribution in [2.75, 3.05) is 13.1 Å². The number of carbonyl (C=O) groups excluding carboxylic acids is 1. The van der Waals surface area contributed by atoms with Gasteiger partial charge in [-0.1, -0.05) is 0 Å². The lowest BCUT2D eigenvalue weighted by molar-refractivity contribution is -0.143. The second-order valence-corrected chi connectivity index (χ2v) is 6.96. The van der Waals surface area contributed by atoms with Crippen molar-refractivity contribution in [1.29, 1.82) is 0 Å². The van der Waals surface area contributed by atoms with Crippen molar-refractivity contribution in [3.05, 3.63) is 41.3 Å². The maximum atomic E-state index is 13.7. The number of fused-ring (bicyclic) bond motifs is 1. The van der Waals surface area contributed by atoms with Crippen LogP contribution in [0.25, 0.3) is 10.9 Å². The maximum absolute atomic E-state index is 13.7. The molecular weight excluding hydrogens is 323 g/mol. The van der Waals surface area contributed by atoms with E-state index < -0.39 is 17.7 Å². The highest BCUT2D eigenvalue weighted by atomic mass is 19.1. The number of carbonyl (C=O) groups is 2. The summed E-state index contributed by atoms with van der Waals surface area (Å²) in [4.78, 5) is 30.5. The van der Waals surface area contributed by atoms with E-state index in [0.717, 1.165) is 18.5 Å². The number of pyridine rings is 1. The molecule has 2 aliphatic rings. The molecule has 1 N–H and O–H groups in total. The summed E-state index contributed by atoms with van der Waals surface area (Å²) in [6.45, 7) is 0.729. The molecule has 1 saturated heterocycles. The van der Waals surface area contributed by atoms with Gasteiger partial charge in [0.15, 0.2) is 0 Å². The summed E-state index contributed by atoms with van der Waals surface area (Å²) in [6, 6.07) is 6.06. The van der Waals surface area contributed by atoms with Gasteiger partial charge >= 0.3 is 5.97 Å². The number of amides is 1. The van der Waals surface area contributed by atoms with E-state index in [1.165, 1.54) is 12.1 Å². The van der Waals surface area contributed by atoms with Crippen LogP contribution in [0.15, 0.2) is 24.3 Å². The first-order valence-corrected chi connectivity index (χ1v) is 8.65. The first-order valence-electron chi connectivity index (χ1n) is 8.65. The van der Waals surface area contributed by atoms with Crippen LogP contribution in [0.3, 0.4) is 0 Å². The number of nitrogens with zero attached hydrogens (tertiary/aromatic N) is 2. The summed E-state index contributed by atoms with van der Waals surface area (Å²) in [7, 11) is 0. The van der Waals surface area contributed by atoms with E-state index in [1.807, 2.05) is 0 Å². The third-order valence-corrected chi connectivity index (χ3v) is 5.07. The molecule has 0 radical (unpaired) electrons. The molecule has 1 aliphatic carbocycles. The van der Waals surface area contributed by atoms with Crippen LogP contribution in [0, 0.1) is 11.7 Å². The van der Waals surface area contributed by atoms with Crippen LogP contribution in [-0.2, 0) is 4.79 Å². The van der Waals surface area contributed by atoms with E-state index in [4.69, 9.17) is 0 Å². The van der Waals surface area contributed by atoms with Gasteiger partial charge in [-0.3, -0.25) is 14.6 Å². The SMILES string of the molecule is O=C(O)[C@H]1CCCN(C(=O)c2cc(C3CC3)nc3ccc(F)cc23)C1. The standard InChI is InChI=1S/C19H19FN2O3/c20-13-5-6-16-14(8-13)15(9-17(21-16)11-3-4-11)18(23)22-7-1-2-12(10-22)19(24)25/h5-6,8-9,11-12H,1-4,7,10H2,(H,24,25)/t12-/m0/s1. The van der Waals surface area contributed by atoms with E-state index in [-0.39, 0.29) is 12.5 Å². The zero-order chi connectivity index (χ0) is 17.6. The highest BCUT2D eigenvalue weighted by Gasteiger charge is 2.31. The molecule has 1 aromatic carbocycles. The molecule has 0 spiro atoms. The van der Waals surface area contributed by atoms with Crippen molar-refractivity contribution in [3.8, 4) is 0 Å². The Labute approximate surface area is 144 Å². The normalized spacial score (nSPS) is 20.7. The van der Waals surface area contributed by atoms with Crippen LogP contribution in [0.2, 0.25) is 0 Å². The van der Waals surface area contributed by atoms with Crippen LogP contribution < -0.4 is 0 Å². The minimum Gasteiger partial charge on any atom is -0.481 e. The van der Waals surface area contributed by atoms with Crippen LogP contribution in [0.4, 0.5) is 4.39 Å². The Morgan fingerprint density at radius 2 is 2.00 bits per heavy atom. The zero-order valence-electron chi connectivity index (χ0n) is 13.7. The van der Waals surface area contributed by atoms with Gasteiger partial charge in [0.1, 0.15) is 5.82 Å². The predicted molar refractivity (Wildman–Crippen MR) is 89.9 cm³/mol. The number of aliphatic carboxylic acids is 1. The lowest BCUT2D eigenvalue weighted by Crippen LogP contribution is -2.42. The van der Waals surface area contributed by atoms with Crippen molar-refractivity contribution in [1.82, 2.24) is 9.88 Å². The molecule has 0 unspecified atom stereocenters. The average molecular weight is 342 g/mol. The number of halogens is 1. The number of piperidine rings is 1. The minimum atomic E-state index is -0.873. The molecule has 1 aromatic heterocycles. The fourth-order valence-corrected chi connectivity index (χ4v) is 3.52. The number of hydrogen-bond acceptors (Lipinski definition) is 3. The summed E-state index contributed by atoms with van der Waals surface area (Å²) in [6.07, 6.45) is 3.35. The van der Waals surface area contributed by atoms with E-state index in [2.05, 4.69) is 4.98 Å². The summed E-state index contributed by atoms with van der Waals surface area (Å²) in [5.41, 5.74) is 1.91. The Bertz CT molecular complexity index is 863. The minimum absolute atomic E-state index is 0.200. The second kappa shape index (κ2) is 6.10. The molecule has 1 atom stereocenters. The van der Waals surface area contributed by atoms with E-state index in [1.54, 1.807) is 17.0 Å². The van der Waals surface area contributed by atoms with Crippen molar-refractivity contribution in [3.63, 3.8) is 0 Å². The molecule has 130 valence electrons. The number of carboxylic acids is 1. The van der Waals surface area contributed by atoms with Crippen molar-refractivity contribution in [2.24, 2.45) is 5.92 Å². The molecule has 2 aromatic rings. The van der Waals surface area contributed by atoms with Crippen LogP contribution >= 0.6 is 0 Å². The summed E-state index contributed by atoms with van der Waals surface area (Å²) >= 11 is 0. The van der Waals surface area contributed by atoms with Gasteiger partial charge in [0, 0.05) is 30.1 Å². The van der Waals surface area contributed by atoms with Gasteiger partial charge in [0.2, 0.25) is 0 Å². The Hall–Kier alpha value is -2.50. The van der Waals surface area contributed by atoms with Crippen LogP contribution in [0.5, 0.6) is 0 Å². The Morgan fingerprint density at radius 1 is 1.20 bits per heavy atom. The first kappa shape index (κ1) is 16.0. The van der Waals surface area contributed by atoms with Gasteiger partial charge in [-0.05, 0) is 49.9 Å². The lowest BCUT2D eigenvalue weighted by atomic mass is 9.97. The number of hydrogen-bond donors (Lipinski definition) is 1. The summed E-state index contributed by atoms with van der Waals surface area (Å²) in [5, 5.41) is 9.74. The Kier molecular flexibility index (Phi) is 3.90. The summed E-state index contributed by atoms with van der Waals surface area (Å²) in [5.74, 6) is -1.68. The number of rotatable bonds is 3. The molecule has 6 heteroatoms. The van der Waals surface area contributed by atoms with Gasteiger partial charge in [-0.2, -0.15) is 0 Å². The number of carboxylic acid groups (broad SMARTS) is 1. The van der Waals surface area contributed by atoms with Crippen LogP contribution in [0.1, 0.15) is 47.7 Å². The van der Waals surface area contributed by atoms with Crippen molar-refractivity contribution >= 4 is 22.8 Å². The largest absolute Gasteiger partial charge is 0.481 e. The monoisotopic (exact) mass is 342 g/mol. The molecule has 1 amide bonds. The molecule has 5 nitrogen and oxygen atoms in total. The van der Waals surface area contributed by atoms with Gasteiger partial charge < -0.3 is 10.0 Å². The molecule has 4 rings (SSSR count). The number of aromatic nitrogens is 1. The van der Waals surface area contributed by atoms with E-state index >= 15 is 0 Å². The third kappa shape index (κ3) is 3.08. The topological polar surface area (TPSA) is 70.5 Å². The average Bonchev–Trinajstić information content (AvgIpc) is 3.45. The fourth-order valence-electron chi connectivity index (χ4n) is 3.52. The second-order valence-electron chi connectivity index (χ2n) is 6.96. The predicted octanol–water partition coefficient (Wildman–Crippen LogP) is 3.19. The summed E-state index contributed by atoms with van der Waals surface area (Å²) < 4.78 is 13.7. The van der Waals surface area contributed by atoms with Gasteiger partial charge in [-0.25, -0.2) is 4.39 Å². The van der Waals surface area contributed by atoms with Gasteiger partial charge in [0.25, 0.3) is 5.91 Å². The van der Waals surface area contributed by atoms with E-state index in [0.29, 0.717) is 41.8 Å². The molecule has 25 heavy (non-hydrogen) atoms. The van der Waals surface area contributed by atoms with Gasteiger partial charge in [-0.15, -0.1) is 0 Å². The lowest BCUT2D eigenvalue weighted by Gasteiger charge is -2.31.